The zero-order valence-corrected chi connectivity index (χ0v) is 11.4. The number of nitrogens with two attached hydrogens (primary N) is 1. The summed E-state index contributed by atoms with van der Waals surface area (Å²) in [4.78, 5) is 0.422. The fraction of sp³-hybridized carbons (Fsp3) is 0.200. The van der Waals surface area contributed by atoms with Crippen LogP contribution in [-0.4, -0.2) is 5.75 Å². The number of halogens is 2. The molecule has 0 bridgehead atoms. The van der Waals surface area contributed by atoms with Crippen molar-refractivity contribution in [3.63, 3.8) is 0 Å². The number of aryl methyl sites for hydroxylation is 1. The second-order valence-electron chi connectivity index (χ2n) is 4.35. The van der Waals surface area contributed by atoms with E-state index in [1.807, 2.05) is 31.2 Å². The van der Waals surface area contributed by atoms with Crippen LogP contribution in [0, 0.1) is 18.6 Å². The molecule has 0 spiro atoms. The predicted molar refractivity (Wildman–Crippen MR) is 75.2 cm³/mol. The van der Waals surface area contributed by atoms with Crippen molar-refractivity contribution >= 4 is 11.8 Å². The maximum absolute atomic E-state index is 13.5. The van der Waals surface area contributed by atoms with E-state index in [9.17, 15) is 8.78 Å². The van der Waals surface area contributed by atoms with Gasteiger partial charge < -0.3 is 5.73 Å². The van der Waals surface area contributed by atoms with Gasteiger partial charge in [-0.05, 0) is 30.2 Å². The Hall–Kier alpha value is -1.39. The molecule has 19 heavy (non-hydrogen) atoms. The van der Waals surface area contributed by atoms with Gasteiger partial charge in [0.1, 0.15) is 11.6 Å². The smallest absolute Gasteiger partial charge is 0.139 e. The molecule has 2 rings (SSSR count). The second kappa shape index (κ2) is 6.17. The minimum Gasteiger partial charge on any atom is -0.323 e. The fourth-order valence-corrected chi connectivity index (χ4v) is 2.76. The Bertz CT molecular complexity index is 572. The van der Waals surface area contributed by atoms with Crippen LogP contribution in [0.3, 0.4) is 0 Å². The van der Waals surface area contributed by atoms with E-state index < -0.39 is 11.6 Å². The van der Waals surface area contributed by atoms with Crippen LogP contribution in [0.2, 0.25) is 0 Å². The van der Waals surface area contributed by atoms with E-state index in [1.165, 1.54) is 23.9 Å². The van der Waals surface area contributed by atoms with Crippen LogP contribution >= 0.6 is 11.8 Å². The van der Waals surface area contributed by atoms with Gasteiger partial charge >= 0.3 is 0 Å². The summed E-state index contributed by atoms with van der Waals surface area (Å²) in [5.74, 6) is -0.556. The molecule has 2 aromatic rings. The molecule has 0 heterocycles. The number of hydrogen-bond donors (Lipinski definition) is 1. The van der Waals surface area contributed by atoms with Gasteiger partial charge in [0, 0.05) is 22.8 Å². The first-order valence-electron chi connectivity index (χ1n) is 5.97. The average molecular weight is 279 g/mol. The molecular weight excluding hydrogens is 264 g/mol. The topological polar surface area (TPSA) is 26.0 Å². The molecule has 4 heteroatoms. The van der Waals surface area contributed by atoms with Gasteiger partial charge in [-0.1, -0.05) is 24.3 Å². The third-order valence-electron chi connectivity index (χ3n) is 2.90. The lowest BCUT2D eigenvalue weighted by molar-refractivity contribution is 0.565. The molecule has 0 aliphatic heterocycles. The third-order valence-corrected chi connectivity index (χ3v) is 4.07. The molecule has 0 radical (unpaired) electrons. The van der Waals surface area contributed by atoms with Gasteiger partial charge in [0.05, 0.1) is 0 Å². The summed E-state index contributed by atoms with van der Waals surface area (Å²) >= 11 is 1.30. The summed E-state index contributed by atoms with van der Waals surface area (Å²) in [7, 11) is 0. The Kier molecular flexibility index (Phi) is 4.56. The number of benzene rings is 2. The van der Waals surface area contributed by atoms with Crippen molar-refractivity contribution in [1.29, 1.82) is 0 Å². The van der Waals surface area contributed by atoms with Crippen LogP contribution in [-0.2, 0) is 0 Å². The van der Waals surface area contributed by atoms with Crippen LogP contribution in [0.1, 0.15) is 17.2 Å². The maximum atomic E-state index is 13.5. The van der Waals surface area contributed by atoms with Crippen molar-refractivity contribution in [2.75, 3.05) is 5.75 Å². The molecule has 1 atom stereocenters. The van der Waals surface area contributed by atoms with E-state index in [4.69, 9.17) is 5.73 Å². The third kappa shape index (κ3) is 3.55. The molecule has 1 unspecified atom stereocenters. The quantitative estimate of drug-likeness (QED) is 0.854. The minimum atomic E-state index is -0.565. The van der Waals surface area contributed by atoms with E-state index in [2.05, 4.69) is 0 Å². The fourth-order valence-electron chi connectivity index (χ4n) is 1.86. The van der Waals surface area contributed by atoms with Gasteiger partial charge in [-0.15, -0.1) is 11.8 Å². The van der Waals surface area contributed by atoms with Crippen LogP contribution < -0.4 is 5.73 Å². The predicted octanol–water partition coefficient (Wildman–Crippen LogP) is 4.07. The summed E-state index contributed by atoms with van der Waals surface area (Å²) in [6.45, 7) is 2.00. The van der Waals surface area contributed by atoms with E-state index in [0.717, 1.165) is 17.2 Å². The Balaban J connectivity index is 2.04. The van der Waals surface area contributed by atoms with Crippen molar-refractivity contribution in [2.45, 2.75) is 17.9 Å². The van der Waals surface area contributed by atoms with Crippen molar-refractivity contribution < 1.29 is 8.78 Å². The van der Waals surface area contributed by atoms with Crippen molar-refractivity contribution in [1.82, 2.24) is 0 Å². The lowest BCUT2D eigenvalue weighted by Crippen LogP contribution is -2.14. The Morgan fingerprint density at radius 3 is 2.58 bits per heavy atom. The summed E-state index contributed by atoms with van der Waals surface area (Å²) in [5.41, 5.74) is 8.28. The van der Waals surface area contributed by atoms with Crippen LogP contribution in [0.4, 0.5) is 8.78 Å². The molecule has 0 aromatic heterocycles. The average Bonchev–Trinajstić information content (AvgIpc) is 2.38. The van der Waals surface area contributed by atoms with Crippen LogP contribution in [0.15, 0.2) is 47.4 Å². The first kappa shape index (κ1) is 14.0. The van der Waals surface area contributed by atoms with E-state index >= 15 is 0 Å². The highest BCUT2D eigenvalue weighted by atomic mass is 32.2. The first-order valence-corrected chi connectivity index (χ1v) is 6.95. The highest BCUT2D eigenvalue weighted by Crippen LogP contribution is 2.27. The standard InChI is InChI=1S/C15H15F2NS/c1-10-4-2-3-5-12(10)14(18)9-19-15-7-6-11(16)8-13(15)17/h2-8,14H,9,18H2,1H3. The van der Waals surface area contributed by atoms with Crippen molar-refractivity contribution in [3.8, 4) is 0 Å². The molecule has 100 valence electrons. The lowest BCUT2D eigenvalue weighted by atomic mass is 10.0. The SMILES string of the molecule is Cc1ccccc1C(N)CSc1ccc(F)cc1F. The molecule has 2 aromatic carbocycles. The molecular formula is C15H15F2NS. The Morgan fingerprint density at radius 2 is 1.89 bits per heavy atom. The second-order valence-corrected chi connectivity index (χ2v) is 5.41. The van der Waals surface area contributed by atoms with E-state index in [-0.39, 0.29) is 6.04 Å². The molecule has 0 amide bonds. The van der Waals surface area contributed by atoms with Crippen molar-refractivity contribution in [2.24, 2.45) is 5.73 Å². The summed E-state index contributed by atoms with van der Waals surface area (Å²) in [6, 6.07) is 11.3. The van der Waals surface area contributed by atoms with Gasteiger partial charge in [-0.25, -0.2) is 8.78 Å². The van der Waals surface area contributed by atoms with Crippen molar-refractivity contribution in [3.05, 3.63) is 65.2 Å². The van der Waals surface area contributed by atoms with Gasteiger partial charge in [-0.2, -0.15) is 0 Å². The van der Waals surface area contributed by atoms with Crippen LogP contribution in [0.25, 0.3) is 0 Å². The summed E-state index contributed by atoms with van der Waals surface area (Å²) in [5, 5.41) is 0. The molecule has 0 fully saturated rings. The molecule has 0 saturated carbocycles. The zero-order valence-electron chi connectivity index (χ0n) is 10.6. The normalized spacial score (nSPS) is 12.4. The Labute approximate surface area is 115 Å². The zero-order chi connectivity index (χ0) is 13.8. The lowest BCUT2D eigenvalue weighted by Gasteiger charge is -2.14. The van der Waals surface area contributed by atoms with E-state index in [1.54, 1.807) is 0 Å². The molecule has 1 nitrogen and oxygen atoms in total. The minimum absolute atomic E-state index is 0.171. The van der Waals surface area contributed by atoms with Gasteiger partial charge in [-0.3, -0.25) is 0 Å². The number of rotatable bonds is 4. The largest absolute Gasteiger partial charge is 0.323 e. The van der Waals surface area contributed by atoms with Gasteiger partial charge in [0.25, 0.3) is 0 Å². The van der Waals surface area contributed by atoms with E-state index in [0.29, 0.717) is 10.6 Å². The van der Waals surface area contributed by atoms with Gasteiger partial charge in [0.2, 0.25) is 0 Å². The molecule has 0 aliphatic rings. The maximum Gasteiger partial charge on any atom is 0.139 e. The Morgan fingerprint density at radius 1 is 1.16 bits per heavy atom. The molecule has 2 N–H and O–H groups in total. The summed E-state index contributed by atoms with van der Waals surface area (Å²) in [6.07, 6.45) is 0. The number of thioether (sulfide) groups is 1. The molecule has 0 aliphatic carbocycles. The monoisotopic (exact) mass is 279 g/mol. The van der Waals surface area contributed by atoms with Crippen LogP contribution in [0.5, 0.6) is 0 Å². The number of hydrogen-bond acceptors (Lipinski definition) is 2. The highest BCUT2D eigenvalue weighted by Gasteiger charge is 2.11. The first-order chi connectivity index (χ1) is 9.08. The van der Waals surface area contributed by atoms with Gasteiger partial charge in [0.15, 0.2) is 0 Å². The highest BCUT2D eigenvalue weighted by molar-refractivity contribution is 7.99. The summed E-state index contributed by atoms with van der Waals surface area (Å²) < 4.78 is 26.3. The molecule has 0 saturated heterocycles.